The highest BCUT2D eigenvalue weighted by Crippen LogP contribution is 2.39. The van der Waals surface area contributed by atoms with Gasteiger partial charge in [-0.05, 0) is 45.0 Å². The molecule has 0 atom stereocenters. The third-order valence-corrected chi connectivity index (χ3v) is 5.53. The van der Waals surface area contributed by atoms with Gasteiger partial charge < -0.3 is 9.26 Å². The molecule has 2 aromatic heterocycles. The molecule has 29 heavy (non-hydrogen) atoms. The summed E-state index contributed by atoms with van der Waals surface area (Å²) < 4.78 is 51.2. The van der Waals surface area contributed by atoms with Gasteiger partial charge in [-0.25, -0.2) is 4.98 Å². The fourth-order valence-electron chi connectivity index (χ4n) is 4.01. The first-order valence-electron chi connectivity index (χ1n) is 9.55. The van der Waals surface area contributed by atoms with Crippen LogP contribution < -0.4 is 4.74 Å². The summed E-state index contributed by atoms with van der Waals surface area (Å²) in [6.07, 6.45) is -3.01. The van der Waals surface area contributed by atoms with Gasteiger partial charge in [-0.2, -0.15) is 13.2 Å². The van der Waals surface area contributed by atoms with Crippen LogP contribution in [0.4, 0.5) is 13.2 Å². The highest BCUT2D eigenvalue weighted by Gasteiger charge is 2.36. The van der Waals surface area contributed by atoms with Crippen molar-refractivity contribution in [2.75, 3.05) is 20.2 Å². The first kappa shape index (κ1) is 19.7. The molecule has 1 saturated heterocycles. The Morgan fingerprint density at radius 1 is 1.21 bits per heavy atom. The maximum atomic E-state index is 13.6. The van der Waals surface area contributed by atoms with Crippen molar-refractivity contribution in [3.63, 3.8) is 0 Å². The molecule has 5 nitrogen and oxygen atoms in total. The summed E-state index contributed by atoms with van der Waals surface area (Å²) in [4.78, 5) is 6.65. The average Bonchev–Trinajstić information content (AvgIpc) is 3.08. The Labute approximate surface area is 166 Å². The van der Waals surface area contributed by atoms with Crippen molar-refractivity contribution in [2.24, 2.45) is 0 Å². The second-order valence-corrected chi connectivity index (χ2v) is 7.40. The molecule has 3 aromatic rings. The molecule has 1 aliphatic heterocycles. The zero-order valence-electron chi connectivity index (χ0n) is 16.3. The first-order valence-corrected chi connectivity index (χ1v) is 9.55. The van der Waals surface area contributed by atoms with E-state index in [0.717, 1.165) is 43.8 Å². The molecule has 4 rings (SSSR count). The summed E-state index contributed by atoms with van der Waals surface area (Å²) in [6, 6.07) is 9.04. The van der Waals surface area contributed by atoms with Crippen LogP contribution in [0.15, 0.2) is 34.9 Å². The highest BCUT2D eigenvalue weighted by atomic mass is 19.4. The predicted octanol–water partition coefficient (Wildman–Crippen LogP) is 4.94. The minimum absolute atomic E-state index is 0.0382. The van der Waals surface area contributed by atoms with Crippen LogP contribution in [-0.2, 0) is 12.7 Å². The number of alkyl halides is 3. The van der Waals surface area contributed by atoms with Gasteiger partial charge in [0.25, 0.3) is 5.71 Å². The normalized spacial score (nSPS) is 16.4. The molecule has 0 saturated carbocycles. The molecule has 8 heteroatoms. The van der Waals surface area contributed by atoms with E-state index in [0.29, 0.717) is 5.69 Å². The predicted molar refractivity (Wildman–Crippen MR) is 102 cm³/mol. The van der Waals surface area contributed by atoms with E-state index in [1.54, 1.807) is 7.11 Å². The largest absolute Gasteiger partial charge is 0.496 e. The summed E-state index contributed by atoms with van der Waals surface area (Å²) in [6.45, 7) is 3.80. The second-order valence-electron chi connectivity index (χ2n) is 7.40. The number of pyridine rings is 1. The number of benzene rings is 1. The molecule has 0 N–H and O–H groups in total. The number of aryl methyl sites for hydroxylation is 1. The number of ether oxygens (including phenoxy) is 1. The molecule has 1 aromatic carbocycles. The number of hydrogen-bond donors (Lipinski definition) is 0. The summed E-state index contributed by atoms with van der Waals surface area (Å²) in [5, 5.41) is 3.63. The second kappa shape index (κ2) is 7.67. The lowest BCUT2D eigenvalue weighted by atomic mass is 9.91. The summed E-state index contributed by atoms with van der Waals surface area (Å²) in [5.74, 6) is 0.803. The van der Waals surface area contributed by atoms with E-state index in [1.807, 2.05) is 24.3 Å². The number of methoxy groups -OCH3 is 1. The number of aromatic nitrogens is 2. The van der Waals surface area contributed by atoms with Crippen molar-refractivity contribution in [1.29, 1.82) is 0 Å². The molecule has 154 valence electrons. The van der Waals surface area contributed by atoms with E-state index in [9.17, 15) is 13.2 Å². The Balaban J connectivity index is 1.52. The van der Waals surface area contributed by atoms with E-state index in [2.05, 4.69) is 15.0 Å². The maximum Gasteiger partial charge on any atom is 0.417 e. The van der Waals surface area contributed by atoms with Gasteiger partial charge in [-0.3, -0.25) is 4.90 Å². The lowest BCUT2D eigenvalue weighted by Gasteiger charge is -2.32. The number of likely N-dealkylation sites (tertiary alicyclic amines) is 1. The van der Waals surface area contributed by atoms with Gasteiger partial charge in [-0.15, -0.1) is 0 Å². The summed E-state index contributed by atoms with van der Waals surface area (Å²) in [7, 11) is 1.65. The van der Waals surface area contributed by atoms with Gasteiger partial charge in [0, 0.05) is 23.7 Å². The molecule has 0 spiro atoms. The number of hydrogen-bond acceptors (Lipinski definition) is 5. The fourth-order valence-corrected chi connectivity index (χ4v) is 4.01. The van der Waals surface area contributed by atoms with Crippen LogP contribution in [0.5, 0.6) is 5.75 Å². The standard InChI is InChI=1S/C21H22F3N3O2/c1-13-19-16(21(22,23)24)11-17(25-20(19)29-26-13)14-7-9-27(10-8-14)12-15-5-3-4-6-18(15)28-2/h3-6,11,14H,7-10,12H2,1-2H3. The lowest BCUT2D eigenvalue weighted by Crippen LogP contribution is -2.32. The quantitative estimate of drug-likeness (QED) is 0.616. The molecule has 1 aliphatic rings. The first-order chi connectivity index (χ1) is 13.9. The monoisotopic (exact) mass is 405 g/mol. The van der Waals surface area contributed by atoms with Crippen LogP contribution in [0, 0.1) is 6.92 Å². The van der Waals surface area contributed by atoms with Crippen molar-refractivity contribution >= 4 is 11.1 Å². The van der Waals surface area contributed by atoms with Crippen molar-refractivity contribution in [1.82, 2.24) is 15.0 Å². The molecule has 0 bridgehead atoms. The van der Waals surface area contributed by atoms with Crippen molar-refractivity contribution in [3.8, 4) is 5.75 Å². The molecule has 0 aliphatic carbocycles. The third-order valence-electron chi connectivity index (χ3n) is 5.53. The van der Waals surface area contributed by atoms with Crippen LogP contribution in [0.3, 0.4) is 0 Å². The van der Waals surface area contributed by atoms with Crippen LogP contribution >= 0.6 is 0 Å². The van der Waals surface area contributed by atoms with Crippen LogP contribution in [0.25, 0.3) is 11.1 Å². The van der Waals surface area contributed by atoms with Crippen molar-refractivity contribution in [3.05, 3.63) is 52.8 Å². The number of nitrogens with zero attached hydrogens (tertiary/aromatic N) is 3. The molecular formula is C21H22F3N3O2. The topological polar surface area (TPSA) is 51.4 Å². The van der Waals surface area contributed by atoms with Gasteiger partial charge >= 0.3 is 6.18 Å². The Morgan fingerprint density at radius 2 is 1.93 bits per heavy atom. The van der Waals surface area contributed by atoms with E-state index in [-0.39, 0.29) is 22.7 Å². The lowest BCUT2D eigenvalue weighted by molar-refractivity contribution is -0.136. The SMILES string of the molecule is COc1ccccc1CN1CCC(c2cc(C(F)(F)F)c3c(C)noc3n2)CC1. The van der Waals surface area contributed by atoms with Gasteiger partial charge in [0.15, 0.2) is 0 Å². The number of para-hydroxylation sites is 1. The van der Waals surface area contributed by atoms with E-state index >= 15 is 0 Å². The minimum Gasteiger partial charge on any atom is -0.496 e. The summed E-state index contributed by atoms with van der Waals surface area (Å²) in [5.41, 5.74) is 0.983. The Hall–Kier alpha value is -2.61. The Bertz CT molecular complexity index is 1010. The number of rotatable bonds is 4. The zero-order valence-corrected chi connectivity index (χ0v) is 16.3. The van der Waals surface area contributed by atoms with Crippen LogP contribution in [0.2, 0.25) is 0 Å². The van der Waals surface area contributed by atoms with Crippen molar-refractivity contribution in [2.45, 2.75) is 38.4 Å². The zero-order chi connectivity index (χ0) is 20.6. The maximum absolute atomic E-state index is 13.6. The van der Waals surface area contributed by atoms with Crippen LogP contribution in [-0.4, -0.2) is 35.2 Å². The van der Waals surface area contributed by atoms with Crippen molar-refractivity contribution < 1.29 is 22.4 Å². The van der Waals surface area contributed by atoms with Gasteiger partial charge in [0.1, 0.15) is 5.75 Å². The third kappa shape index (κ3) is 3.94. The van der Waals surface area contributed by atoms with Gasteiger partial charge in [-0.1, -0.05) is 23.4 Å². The Kier molecular flexibility index (Phi) is 5.21. The molecule has 0 amide bonds. The smallest absolute Gasteiger partial charge is 0.417 e. The van der Waals surface area contributed by atoms with E-state index in [1.165, 1.54) is 13.0 Å². The molecule has 3 heterocycles. The molecule has 0 unspecified atom stereocenters. The van der Waals surface area contributed by atoms with Crippen LogP contribution in [0.1, 0.15) is 41.3 Å². The summed E-state index contributed by atoms with van der Waals surface area (Å²) >= 11 is 0. The van der Waals surface area contributed by atoms with E-state index in [4.69, 9.17) is 9.26 Å². The average molecular weight is 405 g/mol. The van der Waals surface area contributed by atoms with Gasteiger partial charge in [0.05, 0.1) is 23.8 Å². The van der Waals surface area contributed by atoms with E-state index < -0.39 is 11.7 Å². The number of piperidine rings is 1. The highest BCUT2D eigenvalue weighted by molar-refractivity contribution is 5.80. The molecular weight excluding hydrogens is 383 g/mol. The fraction of sp³-hybridized carbons (Fsp3) is 0.429. The number of halogens is 3. The molecule has 0 radical (unpaired) electrons. The molecule has 1 fully saturated rings. The van der Waals surface area contributed by atoms with Gasteiger partial charge in [0.2, 0.25) is 0 Å². The Morgan fingerprint density at radius 3 is 2.62 bits per heavy atom. The number of fused-ring (bicyclic) bond motifs is 1. The minimum atomic E-state index is -4.48.